The molecule has 2 heterocycles. The second kappa shape index (κ2) is 17.3. The van der Waals surface area contributed by atoms with Gasteiger partial charge in [0, 0.05) is 35.2 Å². The summed E-state index contributed by atoms with van der Waals surface area (Å²) in [4.78, 5) is 10.6. The van der Waals surface area contributed by atoms with Crippen LogP contribution in [0.15, 0.2) is 164 Å². The number of hydrogen-bond acceptors (Lipinski definition) is 3. The van der Waals surface area contributed by atoms with Crippen LogP contribution in [0.3, 0.4) is 0 Å². The number of hydrogen-bond donors (Lipinski definition) is 0. The van der Waals surface area contributed by atoms with Gasteiger partial charge in [-0.25, -0.2) is 4.98 Å². The van der Waals surface area contributed by atoms with Gasteiger partial charge in [-0.15, -0.1) is 0 Å². The number of methoxy groups -OCH3 is 1. The van der Waals surface area contributed by atoms with Crippen molar-refractivity contribution in [2.24, 2.45) is 0 Å². The molecule has 0 amide bonds. The van der Waals surface area contributed by atoms with Gasteiger partial charge >= 0.3 is 0 Å². The van der Waals surface area contributed by atoms with E-state index in [0.29, 0.717) is 16.8 Å². The summed E-state index contributed by atoms with van der Waals surface area (Å²) in [6.45, 7) is 7.44. The third-order valence-corrected chi connectivity index (χ3v) is 12.8. The molecule has 4 nitrogen and oxygen atoms in total. The van der Waals surface area contributed by atoms with E-state index in [-0.39, 0.29) is 16.4 Å². The number of para-hydroxylation sites is 1. The third-order valence-electron chi connectivity index (χ3n) is 12.8. The van der Waals surface area contributed by atoms with E-state index in [9.17, 15) is 0 Å². The number of rotatable bonds is 8. The highest BCUT2D eigenvalue weighted by atomic mass is 16.5. The summed E-state index contributed by atoms with van der Waals surface area (Å²) in [6.07, 6.45) is 1.69. The Balaban J connectivity index is 1.27. The van der Waals surface area contributed by atoms with E-state index < -0.39 is 26.0 Å². The average molecular weight is 887 g/mol. The molecule has 0 aliphatic carbocycles. The lowest BCUT2D eigenvalue weighted by atomic mass is 9.84. The van der Waals surface area contributed by atoms with E-state index in [2.05, 4.69) is 163 Å². The first kappa shape index (κ1) is 35.2. The molecule has 0 fully saturated rings. The third kappa shape index (κ3) is 8.98. The predicted octanol–water partition coefficient (Wildman–Crippen LogP) is 16.9. The van der Waals surface area contributed by atoms with Crippen LogP contribution in [-0.4, -0.2) is 21.6 Å². The van der Waals surface area contributed by atoms with Crippen molar-refractivity contribution in [1.82, 2.24) is 14.5 Å². The first-order valence-electron chi connectivity index (χ1n) is 27.3. The first-order chi connectivity index (χ1) is 35.6. The molecule has 0 unspecified atom stereocenters. The Morgan fingerprint density at radius 2 is 1.12 bits per heavy atom. The Labute approximate surface area is 411 Å². The minimum absolute atomic E-state index is 0.0166. The van der Waals surface area contributed by atoms with Crippen molar-refractivity contribution < 1.29 is 17.1 Å². The Hall–Kier alpha value is -7.04. The molecule has 0 saturated carbocycles. The van der Waals surface area contributed by atoms with Crippen molar-refractivity contribution in [3.05, 3.63) is 192 Å². The Bertz CT molecular complexity index is 3580. The van der Waals surface area contributed by atoms with E-state index in [1.807, 2.05) is 30.3 Å². The molecule has 9 rings (SSSR count). The van der Waals surface area contributed by atoms with Crippen molar-refractivity contribution in [3.63, 3.8) is 0 Å². The van der Waals surface area contributed by atoms with E-state index in [1.165, 1.54) is 23.3 Å². The molecule has 0 atom stereocenters. The van der Waals surface area contributed by atoms with E-state index >= 15 is 0 Å². The van der Waals surface area contributed by atoms with Gasteiger partial charge in [-0.1, -0.05) is 171 Å². The maximum atomic E-state index is 8.24. The monoisotopic (exact) mass is 887 g/mol. The topological polar surface area (TPSA) is 39.9 Å². The van der Waals surface area contributed by atoms with Gasteiger partial charge < -0.3 is 4.74 Å². The molecule has 0 saturated heterocycles. The van der Waals surface area contributed by atoms with Crippen molar-refractivity contribution in [2.45, 2.75) is 92.2 Å². The number of benzene rings is 7. The molecular weight excluding hydrogens is 815 g/mol. The fourth-order valence-corrected chi connectivity index (χ4v) is 9.13. The number of fused-ring (bicyclic) bond motifs is 1. The highest BCUT2D eigenvalue weighted by Crippen LogP contribution is 2.44. The van der Waals surface area contributed by atoms with Crippen LogP contribution in [-0.2, 0) is 16.2 Å². The second-order valence-corrected chi connectivity index (χ2v) is 19.8. The van der Waals surface area contributed by atoms with E-state index in [0.717, 1.165) is 83.9 Å². The fraction of sp³-hybridized carbons (Fsp3) is 0.238. The molecular formula is C63H63N3O. The summed E-state index contributed by atoms with van der Waals surface area (Å²) < 4.78 is 82.7. The van der Waals surface area contributed by atoms with Crippen LogP contribution in [0.25, 0.3) is 83.9 Å². The van der Waals surface area contributed by atoms with Crippen LogP contribution in [0.5, 0.6) is 5.75 Å². The fourth-order valence-electron chi connectivity index (χ4n) is 9.13. The van der Waals surface area contributed by atoms with Gasteiger partial charge in [-0.3, -0.25) is 9.55 Å². The second-order valence-electron chi connectivity index (χ2n) is 19.8. The average Bonchev–Trinajstić information content (AvgIpc) is 3.74. The molecule has 0 aliphatic rings. The minimum atomic E-state index is -3.37. The van der Waals surface area contributed by atoms with E-state index in [1.54, 1.807) is 25.4 Å². The zero-order valence-electron chi connectivity index (χ0n) is 48.8. The van der Waals surface area contributed by atoms with Crippen molar-refractivity contribution in [3.8, 4) is 78.6 Å². The van der Waals surface area contributed by atoms with Gasteiger partial charge in [0.2, 0.25) is 0 Å². The lowest BCUT2D eigenvalue weighted by molar-refractivity contribution is 0.413. The summed E-state index contributed by atoms with van der Waals surface area (Å²) in [7, 11) is 1.71. The summed E-state index contributed by atoms with van der Waals surface area (Å²) >= 11 is 0. The smallest absolute Gasteiger partial charge is 0.149 e. The van der Waals surface area contributed by atoms with Gasteiger partial charge in [0.1, 0.15) is 11.6 Å². The highest BCUT2D eigenvalue weighted by molar-refractivity contribution is 5.98. The first-order valence-corrected chi connectivity index (χ1v) is 22.8. The van der Waals surface area contributed by atoms with Crippen LogP contribution in [0.1, 0.15) is 102 Å². The Morgan fingerprint density at radius 1 is 0.493 bits per heavy atom. The van der Waals surface area contributed by atoms with Crippen LogP contribution in [0, 0.1) is 13.8 Å². The zero-order valence-corrected chi connectivity index (χ0v) is 39.8. The predicted molar refractivity (Wildman–Crippen MR) is 284 cm³/mol. The quantitative estimate of drug-likeness (QED) is 0.153. The van der Waals surface area contributed by atoms with Gasteiger partial charge in [0.25, 0.3) is 0 Å². The van der Waals surface area contributed by atoms with Gasteiger partial charge in [0.05, 0.1) is 35.1 Å². The molecule has 0 aliphatic heterocycles. The van der Waals surface area contributed by atoms with E-state index in [4.69, 9.17) is 27.0 Å². The minimum Gasteiger partial charge on any atom is -0.496 e. The number of imidazole rings is 1. The molecule has 7 aromatic carbocycles. The maximum Gasteiger partial charge on any atom is 0.149 e. The summed E-state index contributed by atoms with van der Waals surface area (Å²) in [5.41, 5.74) is 13.1. The highest BCUT2D eigenvalue weighted by Gasteiger charge is 2.26. The molecule has 9 aromatic rings. The van der Waals surface area contributed by atoms with Crippen LogP contribution < -0.4 is 4.74 Å². The van der Waals surface area contributed by atoms with Crippen LogP contribution in [0.2, 0.25) is 0 Å². The number of nitrogens with zero attached hydrogens (tertiary/aromatic N) is 3. The lowest BCUT2D eigenvalue weighted by Gasteiger charge is -2.24. The molecule has 0 bridgehead atoms. The maximum absolute atomic E-state index is 8.24. The zero-order chi connectivity index (χ0) is 54.9. The Morgan fingerprint density at radius 3 is 1.79 bits per heavy atom. The summed E-state index contributed by atoms with van der Waals surface area (Å²) in [6, 6.07) is 52.3. The number of pyridine rings is 1. The molecule has 2 aromatic heterocycles. The normalized spacial score (nSPS) is 14.7. The van der Waals surface area contributed by atoms with Crippen molar-refractivity contribution in [2.75, 3.05) is 7.11 Å². The largest absolute Gasteiger partial charge is 0.496 e. The van der Waals surface area contributed by atoms with Gasteiger partial charge in [-0.05, 0) is 140 Å². The van der Waals surface area contributed by atoms with Crippen molar-refractivity contribution in [1.29, 1.82) is 0 Å². The van der Waals surface area contributed by atoms with Gasteiger partial charge in [0.15, 0.2) is 0 Å². The lowest BCUT2D eigenvalue weighted by Crippen LogP contribution is -2.13. The number of ether oxygens (including phenoxy) is 1. The Kier molecular flexibility index (Phi) is 9.09. The molecule has 67 heavy (non-hydrogen) atoms. The van der Waals surface area contributed by atoms with Crippen LogP contribution in [0.4, 0.5) is 0 Å². The standard InChI is InChI=1S/C63H63N3O/c1-40-33-41(2)59(67-12)54(34-40)60-65-58-53(19-16-20-56(58)66(60)57-39-51(63(9,10)11)29-30-52(57)44-23-27-50(28-24-44)62(6,7)8)47-35-46(42-17-14-13-15-18-42)36-48(37-47)55-38-45(31-32-64-55)43-21-25-49(26-22-43)61(3,4)5/h13-39H,1-12H3/i3D3,4D3,5D3. The summed E-state index contributed by atoms with van der Waals surface area (Å²) in [5, 5.41) is 0. The molecule has 4 heteroatoms. The molecule has 0 radical (unpaired) electrons. The van der Waals surface area contributed by atoms with Gasteiger partial charge in [-0.2, -0.15) is 0 Å². The van der Waals surface area contributed by atoms with Crippen LogP contribution >= 0.6 is 0 Å². The number of aryl methyl sites for hydroxylation is 2. The number of aromatic nitrogens is 3. The van der Waals surface area contributed by atoms with Crippen molar-refractivity contribution >= 4 is 11.0 Å². The molecule has 0 spiro atoms. The molecule has 0 N–H and O–H groups in total. The summed E-state index contributed by atoms with van der Waals surface area (Å²) in [5.74, 6) is 1.48. The SMILES string of the molecule is [2H]C([2H])([2H])C(c1ccc(-c2ccnc(-c3cc(-c4ccccc4)cc(-c4cccc5c4nc(-c4cc(C)cc(C)c4OC)n5-c4cc(C(C)(C)C)ccc4-c4ccc(C(C)(C)C)cc4)c3)c2)cc1)(C([2H])([2H])[2H])C([2H])([2H])[2H]. The molecule has 336 valence electrons.